The fourth-order valence-electron chi connectivity index (χ4n) is 6.18. The van der Waals surface area contributed by atoms with Crippen LogP contribution >= 0.6 is 0 Å². The number of benzene rings is 2. The Labute approximate surface area is 200 Å². The number of allylic oxidation sites excluding steroid dienone is 2. The Bertz CT molecular complexity index is 895. The first-order valence-electron chi connectivity index (χ1n) is 13.0. The van der Waals surface area contributed by atoms with E-state index in [4.69, 9.17) is 0 Å². The lowest BCUT2D eigenvalue weighted by atomic mass is 9.70. The normalized spacial score (nSPS) is 24.8. The second-order valence-corrected chi connectivity index (χ2v) is 10.4. The molecule has 178 valence electrons. The molecule has 1 heterocycles. The van der Waals surface area contributed by atoms with Gasteiger partial charge in [0.05, 0.1) is 0 Å². The summed E-state index contributed by atoms with van der Waals surface area (Å²) < 4.78 is 0. The molecular weight excluding hydrogens is 406 g/mol. The average molecular weight is 448 g/mol. The van der Waals surface area contributed by atoms with E-state index >= 15 is 0 Å². The third-order valence-electron chi connectivity index (χ3n) is 8.04. The topological polar surface area (TPSA) is 43.7 Å². The monoisotopic (exact) mass is 447 g/mol. The summed E-state index contributed by atoms with van der Waals surface area (Å²) in [6.07, 6.45) is 8.09. The number of phenols is 1. The number of aliphatic hydroxyl groups is 1. The standard InChI is InChI=1S/C30H41NO2/c1-22(2)31-19-18-27(21-31)23-10-12-25(13-11-23)30(26-14-16-28(33)17-15-26)29(9-6-20-32)24-7-4-3-5-8-24/h3-5,7-8,14-17,22-23,25,27,32-33H,6,9-13,18-21H2,1-2H3/b30-29+/t23-,25+,27?. The number of phenolic OH excluding ortho intramolecular Hbond substituents is 1. The SMILES string of the molecule is CC(C)N1CCC([C@H]2CC[C@@H](/C(=C(/CCCO)c3ccccc3)c3ccc(O)cc3)CC2)C1. The van der Waals surface area contributed by atoms with Gasteiger partial charge in [0.15, 0.2) is 0 Å². The minimum absolute atomic E-state index is 0.208. The van der Waals surface area contributed by atoms with E-state index in [1.54, 1.807) is 0 Å². The van der Waals surface area contributed by atoms with Crippen LogP contribution in [0.3, 0.4) is 0 Å². The van der Waals surface area contributed by atoms with E-state index in [9.17, 15) is 10.2 Å². The molecule has 0 radical (unpaired) electrons. The second-order valence-electron chi connectivity index (χ2n) is 10.4. The van der Waals surface area contributed by atoms with Crippen LogP contribution in [-0.4, -0.2) is 40.9 Å². The van der Waals surface area contributed by atoms with Crippen LogP contribution < -0.4 is 0 Å². The molecule has 1 saturated heterocycles. The Morgan fingerprint density at radius 3 is 2.18 bits per heavy atom. The molecule has 2 N–H and O–H groups in total. The molecule has 1 aliphatic carbocycles. The van der Waals surface area contributed by atoms with Crippen LogP contribution in [0.15, 0.2) is 54.6 Å². The molecule has 2 aromatic carbocycles. The summed E-state index contributed by atoms with van der Waals surface area (Å²) in [5.74, 6) is 2.55. The lowest BCUT2D eigenvalue weighted by molar-refractivity contribution is 0.205. The van der Waals surface area contributed by atoms with E-state index < -0.39 is 0 Å². The first kappa shape index (κ1) is 24.0. The third kappa shape index (κ3) is 5.88. The van der Waals surface area contributed by atoms with E-state index in [1.165, 1.54) is 67.5 Å². The Morgan fingerprint density at radius 2 is 1.58 bits per heavy atom. The van der Waals surface area contributed by atoms with E-state index in [1.807, 2.05) is 12.1 Å². The largest absolute Gasteiger partial charge is 0.508 e. The van der Waals surface area contributed by atoms with Crippen LogP contribution in [0.1, 0.15) is 69.9 Å². The molecule has 33 heavy (non-hydrogen) atoms. The maximum absolute atomic E-state index is 9.91. The molecule has 2 aromatic rings. The zero-order chi connectivity index (χ0) is 23.2. The van der Waals surface area contributed by atoms with E-state index in [0.717, 1.165) is 24.7 Å². The number of rotatable bonds is 8. The molecule has 2 fully saturated rings. The van der Waals surface area contributed by atoms with Crippen LogP contribution in [0, 0.1) is 17.8 Å². The highest BCUT2D eigenvalue weighted by Gasteiger charge is 2.34. The van der Waals surface area contributed by atoms with Gasteiger partial charge in [0.2, 0.25) is 0 Å². The number of hydrogen-bond acceptors (Lipinski definition) is 3. The summed E-state index contributed by atoms with van der Waals surface area (Å²) in [6.45, 7) is 7.40. The number of aromatic hydroxyl groups is 1. The zero-order valence-corrected chi connectivity index (χ0v) is 20.4. The molecule has 4 rings (SSSR count). The Morgan fingerprint density at radius 1 is 0.879 bits per heavy atom. The van der Waals surface area contributed by atoms with E-state index in [2.05, 4.69) is 61.2 Å². The lowest BCUT2D eigenvalue weighted by Crippen LogP contribution is -2.30. The molecule has 1 aliphatic heterocycles. The summed E-state index contributed by atoms with van der Waals surface area (Å²) in [5.41, 5.74) is 5.29. The minimum atomic E-state index is 0.208. The van der Waals surface area contributed by atoms with Gasteiger partial charge < -0.3 is 15.1 Å². The number of likely N-dealkylation sites (tertiary alicyclic amines) is 1. The molecule has 1 saturated carbocycles. The number of hydrogen-bond donors (Lipinski definition) is 2. The molecule has 0 bridgehead atoms. The maximum Gasteiger partial charge on any atom is 0.115 e. The molecule has 1 unspecified atom stereocenters. The van der Waals surface area contributed by atoms with Crippen molar-refractivity contribution in [2.45, 2.75) is 64.8 Å². The number of nitrogens with zero attached hydrogens (tertiary/aromatic N) is 1. The van der Waals surface area contributed by atoms with Gasteiger partial charge in [0, 0.05) is 19.2 Å². The van der Waals surface area contributed by atoms with Crippen molar-refractivity contribution in [2.75, 3.05) is 19.7 Å². The highest BCUT2D eigenvalue weighted by atomic mass is 16.3. The first-order valence-corrected chi connectivity index (χ1v) is 13.0. The molecule has 0 amide bonds. The van der Waals surface area contributed by atoms with Gasteiger partial charge in [-0.1, -0.05) is 42.5 Å². The van der Waals surface area contributed by atoms with Crippen molar-refractivity contribution < 1.29 is 10.2 Å². The van der Waals surface area contributed by atoms with Crippen LogP contribution in [0.4, 0.5) is 0 Å². The second kappa shape index (κ2) is 11.4. The summed E-state index contributed by atoms with van der Waals surface area (Å²) in [6, 6.07) is 19.2. The van der Waals surface area contributed by atoms with Crippen LogP contribution in [0.2, 0.25) is 0 Å². The Balaban J connectivity index is 1.61. The third-order valence-corrected chi connectivity index (χ3v) is 8.04. The smallest absolute Gasteiger partial charge is 0.115 e. The highest BCUT2D eigenvalue weighted by molar-refractivity contribution is 5.92. The minimum Gasteiger partial charge on any atom is -0.508 e. The zero-order valence-electron chi connectivity index (χ0n) is 20.4. The van der Waals surface area contributed by atoms with Gasteiger partial charge in [-0.15, -0.1) is 0 Å². The molecule has 0 spiro atoms. The molecule has 1 atom stereocenters. The van der Waals surface area contributed by atoms with Gasteiger partial charge in [-0.2, -0.15) is 0 Å². The van der Waals surface area contributed by atoms with Gasteiger partial charge in [-0.05, 0) is 117 Å². The predicted molar refractivity (Wildman–Crippen MR) is 138 cm³/mol. The van der Waals surface area contributed by atoms with Crippen LogP contribution in [-0.2, 0) is 0 Å². The van der Waals surface area contributed by atoms with Crippen molar-refractivity contribution in [1.29, 1.82) is 0 Å². The molecule has 3 nitrogen and oxygen atoms in total. The van der Waals surface area contributed by atoms with Crippen molar-refractivity contribution in [1.82, 2.24) is 4.90 Å². The lowest BCUT2D eigenvalue weighted by Gasteiger charge is -2.35. The van der Waals surface area contributed by atoms with Gasteiger partial charge in [-0.3, -0.25) is 0 Å². The van der Waals surface area contributed by atoms with Crippen molar-refractivity contribution in [3.05, 3.63) is 65.7 Å². The highest BCUT2D eigenvalue weighted by Crippen LogP contribution is 2.45. The van der Waals surface area contributed by atoms with Crippen molar-refractivity contribution in [2.24, 2.45) is 17.8 Å². The maximum atomic E-state index is 9.91. The Kier molecular flexibility index (Phi) is 8.27. The first-order chi connectivity index (χ1) is 16.1. The van der Waals surface area contributed by atoms with E-state index in [-0.39, 0.29) is 6.61 Å². The van der Waals surface area contributed by atoms with Gasteiger partial charge in [0.1, 0.15) is 5.75 Å². The van der Waals surface area contributed by atoms with Crippen LogP contribution in [0.5, 0.6) is 5.75 Å². The molecular formula is C30H41NO2. The summed E-state index contributed by atoms with van der Waals surface area (Å²) in [4.78, 5) is 2.65. The number of aliphatic hydroxyl groups excluding tert-OH is 1. The summed E-state index contributed by atoms with van der Waals surface area (Å²) >= 11 is 0. The van der Waals surface area contributed by atoms with E-state index in [0.29, 0.717) is 17.7 Å². The molecule has 2 aliphatic rings. The molecule has 0 aromatic heterocycles. The van der Waals surface area contributed by atoms with Gasteiger partial charge in [0.25, 0.3) is 0 Å². The van der Waals surface area contributed by atoms with Gasteiger partial charge in [-0.25, -0.2) is 0 Å². The quantitative estimate of drug-likeness (QED) is 0.447. The fourth-order valence-corrected chi connectivity index (χ4v) is 6.18. The van der Waals surface area contributed by atoms with Crippen molar-refractivity contribution in [3.63, 3.8) is 0 Å². The Hall–Kier alpha value is -2.10. The summed E-state index contributed by atoms with van der Waals surface area (Å²) in [5, 5.41) is 19.5. The van der Waals surface area contributed by atoms with Crippen molar-refractivity contribution in [3.8, 4) is 5.75 Å². The summed E-state index contributed by atoms with van der Waals surface area (Å²) in [7, 11) is 0. The van der Waals surface area contributed by atoms with Crippen molar-refractivity contribution >= 4 is 11.1 Å². The van der Waals surface area contributed by atoms with Gasteiger partial charge >= 0.3 is 0 Å². The van der Waals surface area contributed by atoms with Crippen LogP contribution in [0.25, 0.3) is 11.1 Å². The predicted octanol–water partition coefficient (Wildman–Crippen LogP) is 6.61. The molecule has 3 heteroatoms. The fraction of sp³-hybridized carbons (Fsp3) is 0.533. The average Bonchev–Trinajstić information content (AvgIpc) is 3.34.